The van der Waals surface area contributed by atoms with E-state index in [4.69, 9.17) is 10.00 Å². The molecule has 2 N–H and O–H groups in total. The van der Waals surface area contributed by atoms with Crippen LogP contribution in [0.1, 0.15) is 45.1 Å². The summed E-state index contributed by atoms with van der Waals surface area (Å²) in [5.74, 6) is 0.561. The van der Waals surface area contributed by atoms with Gasteiger partial charge in [-0.15, -0.1) is 0 Å². The molecule has 1 saturated carbocycles. The average Bonchev–Trinajstić information content (AvgIpc) is 2.57. The van der Waals surface area contributed by atoms with Crippen LogP contribution in [0.3, 0.4) is 0 Å². The van der Waals surface area contributed by atoms with Crippen molar-refractivity contribution in [1.82, 2.24) is 5.32 Å². The molecule has 0 heterocycles. The van der Waals surface area contributed by atoms with Crippen LogP contribution in [0, 0.1) is 23.2 Å². The summed E-state index contributed by atoms with van der Waals surface area (Å²) in [5, 5.41) is 21.8. The second-order valence-corrected chi connectivity index (χ2v) is 6.82. The average molecular weight is 330 g/mol. The van der Waals surface area contributed by atoms with Gasteiger partial charge in [-0.25, -0.2) is 0 Å². The zero-order chi connectivity index (χ0) is 17.5. The van der Waals surface area contributed by atoms with Crippen molar-refractivity contribution >= 4 is 5.91 Å². The summed E-state index contributed by atoms with van der Waals surface area (Å²) in [5.41, 5.74) is 0.423. The van der Waals surface area contributed by atoms with Crippen LogP contribution < -0.4 is 10.1 Å². The molecule has 24 heavy (non-hydrogen) atoms. The number of rotatable bonds is 6. The van der Waals surface area contributed by atoms with Crippen molar-refractivity contribution in [1.29, 1.82) is 5.26 Å². The molecule has 130 valence electrons. The number of amides is 1. The first-order valence-corrected chi connectivity index (χ1v) is 8.62. The lowest BCUT2D eigenvalue weighted by Crippen LogP contribution is -2.44. The van der Waals surface area contributed by atoms with E-state index in [0.717, 1.165) is 25.7 Å². The third-order valence-electron chi connectivity index (χ3n) is 4.45. The first-order chi connectivity index (χ1) is 11.5. The van der Waals surface area contributed by atoms with E-state index in [-0.39, 0.29) is 17.9 Å². The third-order valence-corrected chi connectivity index (χ3v) is 4.45. The maximum atomic E-state index is 12.5. The van der Waals surface area contributed by atoms with E-state index in [0.29, 0.717) is 23.8 Å². The topological polar surface area (TPSA) is 82.3 Å². The molecule has 1 amide bonds. The second kappa shape index (κ2) is 8.70. The lowest BCUT2D eigenvalue weighted by Gasteiger charge is -2.27. The number of carbonyl (C=O) groups excluding carboxylic acids is 1. The molecule has 0 bridgehead atoms. The maximum absolute atomic E-state index is 12.5. The fourth-order valence-corrected chi connectivity index (χ4v) is 3.08. The van der Waals surface area contributed by atoms with E-state index in [1.807, 2.05) is 13.8 Å². The van der Waals surface area contributed by atoms with Gasteiger partial charge in [0.1, 0.15) is 11.8 Å². The SMILES string of the molecule is CC(C)C(Oc1ccccc1C#N)C(=O)NCC1CCCC(O)C1. The normalized spacial score (nSPS) is 21.8. The molecule has 1 aromatic carbocycles. The van der Waals surface area contributed by atoms with Crippen molar-refractivity contribution in [3.05, 3.63) is 29.8 Å². The van der Waals surface area contributed by atoms with Gasteiger partial charge in [-0.05, 0) is 43.2 Å². The Kier molecular flexibility index (Phi) is 6.62. The molecular weight excluding hydrogens is 304 g/mol. The van der Waals surface area contributed by atoms with Crippen LogP contribution in [0.2, 0.25) is 0 Å². The molecule has 1 aromatic rings. The second-order valence-electron chi connectivity index (χ2n) is 6.82. The number of nitrogens with one attached hydrogen (secondary N) is 1. The Balaban J connectivity index is 1.96. The van der Waals surface area contributed by atoms with E-state index in [1.54, 1.807) is 24.3 Å². The highest BCUT2D eigenvalue weighted by atomic mass is 16.5. The minimum atomic E-state index is -0.645. The van der Waals surface area contributed by atoms with Gasteiger partial charge in [0, 0.05) is 6.54 Å². The van der Waals surface area contributed by atoms with E-state index >= 15 is 0 Å². The number of aliphatic hydroxyl groups excluding tert-OH is 1. The number of benzene rings is 1. The Morgan fingerprint density at radius 3 is 2.83 bits per heavy atom. The van der Waals surface area contributed by atoms with Gasteiger partial charge in [0.15, 0.2) is 6.10 Å². The molecule has 0 aliphatic heterocycles. The summed E-state index contributed by atoms with van der Waals surface area (Å²) >= 11 is 0. The lowest BCUT2D eigenvalue weighted by molar-refractivity contribution is -0.130. The van der Waals surface area contributed by atoms with Crippen molar-refractivity contribution in [3.63, 3.8) is 0 Å². The van der Waals surface area contributed by atoms with Crippen LogP contribution in [0.15, 0.2) is 24.3 Å². The van der Waals surface area contributed by atoms with E-state index in [1.165, 1.54) is 0 Å². The molecular formula is C19H26N2O3. The summed E-state index contributed by atoms with van der Waals surface area (Å²) < 4.78 is 5.84. The third kappa shape index (κ3) is 4.97. The van der Waals surface area contributed by atoms with Gasteiger partial charge in [-0.2, -0.15) is 5.26 Å². The summed E-state index contributed by atoms with van der Waals surface area (Å²) in [6.07, 6.45) is 2.73. The van der Waals surface area contributed by atoms with Crippen LogP contribution >= 0.6 is 0 Å². The molecule has 1 aliphatic carbocycles. The first-order valence-electron chi connectivity index (χ1n) is 8.62. The fourth-order valence-electron chi connectivity index (χ4n) is 3.08. The quantitative estimate of drug-likeness (QED) is 0.840. The van der Waals surface area contributed by atoms with E-state index in [9.17, 15) is 9.90 Å². The molecule has 0 spiro atoms. The predicted molar refractivity (Wildman–Crippen MR) is 91.4 cm³/mol. The number of hydrogen-bond acceptors (Lipinski definition) is 4. The lowest BCUT2D eigenvalue weighted by atomic mass is 9.87. The number of nitriles is 1. The van der Waals surface area contributed by atoms with Crippen molar-refractivity contribution < 1.29 is 14.6 Å². The van der Waals surface area contributed by atoms with Crippen molar-refractivity contribution in [2.45, 2.75) is 51.7 Å². The highest BCUT2D eigenvalue weighted by molar-refractivity contribution is 5.81. The molecule has 0 saturated heterocycles. The standard InChI is InChI=1S/C19H26N2O3/c1-13(2)18(24-17-9-4-3-7-15(17)11-20)19(23)21-12-14-6-5-8-16(22)10-14/h3-4,7,9,13-14,16,18,22H,5-6,8,10,12H2,1-2H3,(H,21,23). The summed E-state index contributed by atoms with van der Waals surface area (Å²) in [4.78, 5) is 12.5. The highest BCUT2D eigenvalue weighted by Crippen LogP contribution is 2.24. The number of aliphatic hydroxyl groups is 1. The number of hydrogen-bond donors (Lipinski definition) is 2. The van der Waals surface area contributed by atoms with Crippen molar-refractivity contribution in [2.75, 3.05) is 6.54 Å². The zero-order valence-electron chi connectivity index (χ0n) is 14.4. The Labute approximate surface area is 143 Å². The van der Waals surface area contributed by atoms with Crippen LogP contribution in [-0.4, -0.2) is 29.8 Å². The van der Waals surface area contributed by atoms with Gasteiger partial charge in [-0.1, -0.05) is 32.4 Å². The van der Waals surface area contributed by atoms with Crippen LogP contribution in [-0.2, 0) is 4.79 Å². The van der Waals surface area contributed by atoms with Crippen molar-refractivity contribution in [3.8, 4) is 11.8 Å². The van der Waals surface area contributed by atoms with Gasteiger partial charge in [0.05, 0.1) is 11.7 Å². The van der Waals surface area contributed by atoms with Crippen molar-refractivity contribution in [2.24, 2.45) is 11.8 Å². The Bertz CT molecular complexity index is 595. The number of ether oxygens (including phenoxy) is 1. The molecule has 3 unspecified atom stereocenters. The van der Waals surface area contributed by atoms with Crippen LogP contribution in [0.25, 0.3) is 0 Å². The summed E-state index contributed by atoms with van der Waals surface area (Å²) in [6, 6.07) is 9.02. The summed E-state index contributed by atoms with van der Waals surface area (Å²) in [7, 11) is 0. The zero-order valence-corrected chi connectivity index (χ0v) is 14.4. The minimum Gasteiger partial charge on any atom is -0.479 e. The Morgan fingerprint density at radius 2 is 2.17 bits per heavy atom. The fraction of sp³-hybridized carbons (Fsp3) is 0.579. The number of para-hydroxylation sites is 1. The molecule has 2 rings (SSSR count). The maximum Gasteiger partial charge on any atom is 0.261 e. The molecule has 1 fully saturated rings. The van der Waals surface area contributed by atoms with Gasteiger partial charge in [-0.3, -0.25) is 4.79 Å². The molecule has 0 aromatic heterocycles. The smallest absolute Gasteiger partial charge is 0.261 e. The van der Waals surface area contributed by atoms with E-state index < -0.39 is 6.10 Å². The van der Waals surface area contributed by atoms with Crippen LogP contribution in [0.5, 0.6) is 5.75 Å². The number of carbonyl (C=O) groups is 1. The Hall–Kier alpha value is -2.06. The van der Waals surface area contributed by atoms with Gasteiger partial charge < -0.3 is 15.2 Å². The van der Waals surface area contributed by atoms with Gasteiger partial charge in [0.25, 0.3) is 5.91 Å². The minimum absolute atomic E-state index is 0.0197. The highest BCUT2D eigenvalue weighted by Gasteiger charge is 2.27. The number of nitrogens with zero attached hydrogens (tertiary/aromatic N) is 1. The monoisotopic (exact) mass is 330 g/mol. The molecule has 5 heteroatoms. The predicted octanol–water partition coefficient (Wildman–Crippen LogP) is 2.63. The van der Waals surface area contributed by atoms with E-state index in [2.05, 4.69) is 11.4 Å². The molecule has 1 aliphatic rings. The molecule has 3 atom stereocenters. The van der Waals surface area contributed by atoms with Gasteiger partial charge in [0.2, 0.25) is 0 Å². The summed E-state index contributed by atoms with van der Waals surface area (Å²) in [6.45, 7) is 4.40. The van der Waals surface area contributed by atoms with Crippen LogP contribution in [0.4, 0.5) is 0 Å². The van der Waals surface area contributed by atoms with Gasteiger partial charge >= 0.3 is 0 Å². The largest absolute Gasteiger partial charge is 0.479 e. The molecule has 0 radical (unpaired) electrons. The molecule has 5 nitrogen and oxygen atoms in total. The first kappa shape index (κ1) is 18.3. The Morgan fingerprint density at radius 1 is 1.42 bits per heavy atom.